The summed E-state index contributed by atoms with van der Waals surface area (Å²) in [4.78, 5) is 22.5. The van der Waals surface area contributed by atoms with E-state index in [-0.39, 0.29) is 32.3 Å². The summed E-state index contributed by atoms with van der Waals surface area (Å²) in [5.41, 5.74) is 5.38. The number of esters is 1. The first-order valence-electron chi connectivity index (χ1n) is 24.5. The van der Waals surface area contributed by atoms with Gasteiger partial charge in [0.1, 0.15) is 6.10 Å². The van der Waals surface area contributed by atoms with Crippen molar-refractivity contribution in [2.75, 3.05) is 33.0 Å². The zero-order chi connectivity index (χ0) is 40.9. The summed E-state index contributed by atoms with van der Waals surface area (Å²) < 4.78 is 33.5. The standard InChI is InChI=1S/C47H96NO7P/c1-3-5-7-9-11-13-15-17-19-20-21-22-23-24-25-26-27-29-31-33-35-37-39-42-52-44-46(45-54-56(50,51)53-43-41-48)55-47(49)40-38-36-34-32-30-28-18-16-14-12-10-8-6-4-2/h46H,3-45,48H2,1-2H3,(H,50,51). The molecule has 8 nitrogen and oxygen atoms in total. The Kier molecular flexibility index (Phi) is 45.2. The largest absolute Gasteiger partial charge is 0.472 e. The summed E-state index contributed by atoms with van der Waals surface area (Å²) in [6, 6.07) is 0. The predicted octanol–water partition coefficient (Wildman–Crippen LogP) is 14.9. The summed E-state index contributed by atoms with van der Waals surface area (Å²) in [5, 5.41) is 0. The summed E-state index contributed by atoms with van der Waals surface area (Å²) >= 11 is 0. The van der Waals surface area contributed by atoms with Crippen molar-refractivity contribution in [3.8, 4) is 0 Å². The molecule has 3 N–H and O–H groups in total. The molecule has 336 valence electrons. The Balaban J connectivity index is 3.85. The lowest BCUT2D eigenvalue weighted by Gasteiger charge is -2.20. The second-order valence-electron chi connectivity index (χ2n) is 16.7. The minimum absolute atomic E-state index is 0.0899. The van der Waals surface area contributed by atoms with Gasteiger partial charge < -0.3 is 20.1 Å². The molecule has 0 fully saturated rings. The number of unbranched alkanes of at least 4 members (excludes halogenated alkanes) is 35. The fourth-order valence-corrected chi connectivity index (χ4v) is 8.18. The molecule has 56 heavy (non-hydrogen) atoms. The smallest absolute Gasteiger partial charge is 0.457 e. The Bertz CT molecular complexity index is 832. The van der Waals surface area contributed by atoms with Gasteiger partial charge in [-0.15, -0.1) is 0 Å². The molecule has 0 aromatic rings. The highest BCUT2D eigenvalue weighted by Gasteiger charge is 2.25. The normalized spacial score (nSPS) is 13.3. The first kappa shape index (κ1) is 55.5. The van der Waals surface area contributed by atoms with Gasteiger partial charge in [-0.25, -0.2) is 4.57 Å². The molecule has 0 aliphatic carbocycles. The van der Waals surface area contributed by atoms with Crippen LogP contribution in [0.2, 0.25) is 0 Å². The number of phosphoric ester groups is 1. The van der Waals surface area contributed by atoms with Crippen molar-refractivity contribution in [1.29, 1.82) is 0 Å². The van der Waals surface area contributed by atoms with Crippen LogP contribution in [0.3, 0.4) is 0 Å². The minimum Gasteiger partial charge on any atom is -0.457 e. The number of phosphoric acid groups is 1. The van der Waals surface area contributed by atoms with E-state index in [1.807, 2.05) is 0 Å². The molecule has 0 amide bonds. The van der Waals surface area contributed by atoms with Crippen LogP contribution in [0.25, 0.3) is 0 Å². The molecule has 0 heterocycles. The molecule has 0 aliphatic rings. The van der Waals surface area contributed by atoms with Crippen molar-refractivity contribution >= 4 is 13.8 Å². The minimum atomic E-state index is -4.27. The Morgan fingerprint density at radius 2 is 0.786 bits per heavy atom. The second kappa shape index (κ2) is 45.6. The Hall–Kier alpha value is -0.500. The average Bonchev–Trinajstić information content (AvgIpc) is 3.19. The van der Waals surface area contributed by atoms with Crippen molar-refractivity contribution in [2.24, 2.45) is 5.73 Å². The number of carbonyl (C=O) groups is 1. The maximum absolute atomic E-state index is 12.6. The van der Waals surface area contributed by atoms with Gasteiger partial charge in [0, 0.05) is 19.6 Å². The van der Waals surface area contributed by atoms with E-state index in [1.165, 1.54) is 205 Å². The van der Waals surface area contributed by atoms with E-state index in [0.717, 1.165) is 32.1 Å². The number of rotatable bonds is 48. The second-order valence-corrected chi connectivity index (χ2v) is 18.2. The molecule has 2 unspecified atom stereocenters. The molecule has 0 saturated heterocycles. The fourth-order valence-electron chi connectivity index (χ4n) is 7.41. The van der Waals surface area contributed by atoms with Crippen LogP contribution in [-0.2, 0) is 27.9 Å². The summed E-state index contributed by atoms with van der Waals surface area (Å²) in [6.45, 7) is 5.00. The van der Waals surface area contributed by atoms with E-state index in [4.69, 9.17) is 24.3 Å². The molecule has 2 atom stereocenters. The van der Waals surface area contributed by atoms with E-state index in [9.17, 15) is 14.3 Å². The Labute approximate surface area is 348 Å². The van der Waals surface area contributed by atoms with Gasteiger partial charge in [0.25, 0.3) is 0 Å². The van der Waals surface area contributed by atoms with E-state index in [0.29, 0.717) is 13.0 Å². The van der Waals surface area contributed by atoms with E-state index >= 15 is 0 Å². The van der Waals surface area contributed by atoms with Crippen LogP contribution in [0, 0.1) is 0 Å². The van der Waals surface area contributed by atoms with Crippen LogP contribution in [-0.4, -0.2) is 49.9 Å². The maximum atomic E-state index is 12.6. The maximum Gasteiger partial charge on any atom is 0.472 e. The summed E-state index contributed by atoms with van der Waals surface area (Å²) in [6.07, 6.45) is 48.5. The van der Waals surface area contributed by atoms with Crippen molar-refractivity contribution in [3.63, 3.8) is 0 Å². The molecule has 0 aromatic carbocycles. The number of hydrogen-bond acceptors (Lipinski definition) is 7. The zero-order valence-corrected chi connectivity index (χ0v) is 38.3. The molecule has 9 heteroatoms. The third kappa shape index (κ3) is 44.6. The topological polar surface area (TPSA) is 117 Å². The molecule has 0 saturated carbocycles. The predicted molar refractivity (Wildman–Crippen MR) is 238 cm³/mol. The van der Waals surface area contributed by atoms with Crippen LogP contribution < -0.4 is 5.73 Å². The van der Waals surface area contributed by atoms with E-state index in [1.54, 1.807) is 0 Å². The molecule has 0 aromatic heterocycles. The third-order valence-electron chi connectivity index (χ3n) is 11.0. The highest BCUT2D eigenvalue weighted by Crippen LogP contribution is 2.43. The fraction of sp³-hybridized carbons (Fsp3) is 0.979. The van der Waals surface area contributed by atoms with Gasteiger partial charge in [-0.3, -0.25) is 13.8 Å². The first-order valence-corrected chi connectivity index (χ1v) is 26.0. The van der Waals surface area contributed by atoms with E-state index < -0.39 is 13.9 Å². The molecule has 0 bridgehead atoms. The van der Waals surface area contributed by atoms with Crippen LogP contribution in [0.1, 0.15) is 258 Å². The molecule has 0 rings (SSSR count). The Morgan fingerprint density at radius 3 is 1.12 bits per heavy atom. The number of ether oxygens (including phenoxy) is 2. The lowest BCUT2D eigenvalue weighted by molar-refractivity contribution is -0.154. The van der Waals surface area contributed by atoms with Crippen LogP contribution >= 0.6 is 7.82 Å². The van der Waals surface area contributed by atoms with Gasteiger partial charge in [-0.2, -0.15) is 0 Å². The lowest BCUT2D eigenvalue weighted by atomic mass is 10.0. The monoisotopic (exact) mass is 818 g/mol. The van der Waals surface area contributed by atoms with Gasteiger partial charge in [-0.05, 0) is 12.8 Å². The SMILES string of the molecule is CCCCCCCCCCCCCCCCCCCCCCCCCOCC(COP(=O)(O)OCCN)OC(=O)CCCCCCCCCCCCCCCC. The van der Waals surface area contributed by atoms with E-state index in [2.05, 4.69) is 13.8 Å². The van der Waals surface area contributed by atoms with Gasteiger partial charge in [0.15, 0.2) is 0 Å². The van der Waals surface area contributed by atoms with Gasteiger partial charge in [0.2, 0.25) is 0 Å². The van der Waals surface area contributed by atoms with Crippen LogP contribution in [0.5, 0.6) is 0 Å². The highest BCUT2D eigenvalue weighted by molar-refractivity contribution is 7.47. The van der Waals surface area contributed by atoms with Gasteiger partial charge >= 0.3 is 13.8 Å². The number of carbonyl (C=O) groups excluding carboxylic acids is 1. The van der Waals surface area contributed by atoms with Crippen molar-refractivity contribution < 1.29 is 32.8 Å². The van der Waals surface area contributed by atoms with Gasteiger partial charge in [0.05, 0.1) is 19.8 Å². The van der Waals surface area contributed by atoms with Crippen LogP contribution in [0.15, 0.2) is 0 Å². The number of hydrogen-bond donors (Lipinski definition) is 2. The van der Waals surface area contributed by atoms with Crippen molar-refractivity contribution in [2.45, 2.75) is 264 Å². The molecule has 0 radical (unpaired) electrons. The third-order valence-corrected chi connectivity index (χ3v) is 12.0. The molecular formula is C47H96NO7P. The van der Waals surface area contributed by atoms with Crippen LogP contribution in [0.4, 0.5) is 0 Å². The first-order chi connectivity index (χ1) is 27.4. The molecule has 0 aliphatic heterocycles. The lowest BCUT2D eigenvalue weighted by Crippen LogP contribution is -2.28. The van der Waals surface area contributed by atoms with Crippen molar-refractivity contribution in [3.05, 3.63) is 0 Å². The average molecular weight is 818 g/mol. The highest BCUT2D eigenvalue weighted by atomic mass is 31.2. The quantitative estimate of drug-likeness (QED) is 0.0354. The Morgan fingerprint density at radius 1 is 0.464 bits per heavy atom. The summed E-state index contributed by atoms with van der Waals surface area (Å²) in [5.74, 6) is -0.323. The molecule has 0 spiro atoms. The van der Waals surface area contributed by atoms with Crippen molar-refractivity contribution in [1.82, 2.24) is 0 Å². The zero-order valence-electron chi connectivity index (χ0n) is 37.4. The molecular weight excluding hydrogens is 721 g/mol. The van der Waals surface area contributed by atoms with Gasteiger partial charge in [-0.1, -0.05) is 239 Å². The summed E-state index contributed by atoms with van der Waals surface area (Å²) in [7, 11) is -4.27. The number of nitrogens with two attached hydrogens (primary N) is 1.